The third kappa shape index (κ3) is 2.67. The van der Waals surface area contributed by atoms with Gasteiger partial charge in [-0.25, -0.2) is 0 Å². The Morgan fingerprint density at radius 3 is 2.59 bits per heavy atom. The summed E-state index contributed by atoms with van der Waals surface area (Å²) in [5.74, 6) is 0.776. The summed E-state index contributed by atoms with van der Waals surface area (Å²) in [7, 11) is 0. The Hall–Kier alpha value is -1.35. The predicted molar refractivity (Wildman–Crippen MR) is 87.5 cm³/mol. The van der Waals surface area contributed by atoms with Crippen LogP contribution in [0.3, 0.4) is 0 Å². The second-order valence-corrected chi connectivity index (χ2v) is 7.20. The number of hydrogen-bond acceptors (Lipinski definition) is 2. The van der Waals surface area contributed by atoms with Crippen LogP contribution in [0.15, 0.2) is 24.3 Å². The van der Waals surface area contributed by atoms with Crippen molar-refractivity contribution in [3.63, 3.8) is 0 Å². The topological polar surface area (TPSA) is 23.6 Å². The zero-order valence-electron chi connectivity index (χ0n) is 13.3. The number of likely N-dealkylation sites (tertiary alicyclic amines) is 1. The monoisotopic (exact) mass is 298 g/mol. The van der Waals surface area contributed by atoms with Crippen molar-refractivity contribution in [2.24, 2.45) is 5.92 Å². The molecule has 1 aromatic carbocycles. The maximum absolute atomic E-state index is 12.6. The zero-order chi connectivity index (χ0) is 14.9. The van der Waals surface area contributed by atoms with Crippen LogP contribution in [-0.2, 0) is 17.8 Å². The van der Waals surface area contributed by atoms with Crippen molar-refractivity contribution < 1.29 is 4.79 Å². The van der Waals surface area contributed by atoms with Crippen LogP contribution in [-0.4, -0.2) is 41.4 Å². The van der Waals surface area contributed by atoms with Crippen molar-refractivity contribution in [1.82, 2.24) is 9.80 Å². The van der Waals surface area contributed by atoms with E-state index in [1.807, 2.05) is 0 Å². The third-order valence-electron chi connectivity index (χ3n) is 5.86. The quantitative estimate of drug-likeness (QED) is 0.838. The molecule has 1 aromatic rings. The first-order chi connectivity index (χ1) is 10.8. The Balaban J connectivity index is 1.38. The van der Waals surface area contributed by atoms with E-state index >= 15 is 0 Å². The summed E-state index contributed by atoms with van der Waals surface area (Å²) in [6.07, 6.45) is 7.05. The highest BCUT2D eigenvalue weighted by molar-refractivity contribution is 5.79. The normalized spacial score (nSPS) is 26.4. The van der Waals surface area contributed by atoms with Crippen molar-refractivity contribution in [3.8, 4) is 0 Å². The SMILES string of the molecule is O=C(C1CCCC1)N1CCC(N2CCc3ccccc3C2)C1. The van der Waals surface area contributed by atoms with Gasteiger partial charge in [0.15, 0.2) is 0 Å². The maximum Gasteiger partial charge on any atom is 0.225 e. The number of rotatable bonds is 2. The highest BCUT2D eigenvalue weighted by Gasteiger charge is 2.35. The molecule has 1 unspecified atom stereocenters. The van der Waals surface area contributed by atoms with Crippen LogP contribution in [0.4, 0.5) is 0 Å². The molecule has 22 heavy (non-hydrogen) atoms. The molecule has 0 N–H and O–H groups in total. The largest absolute Gasteiger partial charge is 0.341 e. The van der Waals surface area contributed by atoms with E-state index in [1.165, 1.54) is 24.0 Å². The number of nitrogens with zero attached hydrogens (tertiary/aromatic N) is 2. The average Bonchev–Trinajstić information content (AvgIpc) is 3.25. The van der Waals surface area contributed by atoms with Gasteiger partial charge < -0.3 is 4.90 Å². The fourth-order valence-electron chi connectivity index (χ4n) is 4.50. The van der Waals surface area contributed by atoms with E-state index in [4.69, 9.17) is 0 Å². The molecule has 118 valence electrons. The van der Waals surface area contributed by atoms with Gasteiger partial charge >= 0.3 is 0 Å². The van der Waals surface area contributed by atoms with Crippen LogP contribution < -0.4 is 0 Å². The molecule has 2 heterocycles. The molecule has 0 radical (unpaired) electrons. The Kier molecular flexibility index (Phi) is 3.91. The van der Waals surface area contributed by atoms with Crippen LogP contribution in [0.2, 0.25) is 0 Å². The van der Waals surface area contributed by atoms with Crippen LogP contribution in [0, 0.1) is 5.92 Å². The summed E-state index contributed by atoms with van der Waals surface area (Å²) >= 11 is 0. The summed E-state index contributed by atoms with van der Waals surface area (Å²) in [5.41, 5.74) is 2.99. The van der Waals surface area contributed by atoms with Crippen molar-refractivity contribution in [2.75, 3.05) is 19.6 Å². The molecular formula is C19H26N2O. The van der Waals surface area contributed by atoms with Gasteiger partial charge in [-0.15, -0.1) is 0 Å². The van der Waals surface area contributed by atoms with Crippen LogP contribution >= 0.6 is 0 Å². The molecule has 1 amide bonds. The fraction of sp³-hybridized carbons (Fsp3) is 0.632. The van der Waals surface area contributed by atoms with Crippen molar-refractivity contribution in [3.05, 3.63) is 35.4 Å². The summed E-state index contributed by atoms with van der Waals surface area (Å²) in [5, 5.41) is 0. The lowest BCUT2D eigenvalue weighted by Crippen LogP contribution is -2.42. The minimum atomic E-state index is 0.334. The number of carbonyl (C=O) groups is 1. The Bertz CT molecular complexity index is 550. The van der Waals surface area contributed by atoms with Gasteiger partial charge in [-0.3, -0.25) is 9.69 Å². The molecule has 4 rings (SSSR count). The number of hydrogen-bond donors (Lipinski definition) is 0. The molecule has 0 bridgehead atoms. The number of fused-ring (bicyclic) bond motifs is 1. The van der Waals surface area contributed by atoms with E-state index in [-0.39, 0.29) is 0 Å². The lowest BCUT2D eigenvalue weighted by molar-refractivity contribution is -0.134. The fourth-order valence-corrected chi connectivity index (χ4v) is 4.50. The van der Waals surface area contributed by atoms with Crippen molar-refractivity contribution in [1.29, 1.82) is 0 Å². The molecule has 2 fully saturated rings. The number of amides is 1. The maximum atomic E-state index is 12.6. The van der Waals surface area contributed by atoms with Gasteiger partial charge in [-0.05, 0) is 36.8 Å². The van der Waals surface area contributed by atoms with E-state index in [0.29, 0.717) is 17.9 Å². The van der Waals surface area contributed by atoms with Crippen LogP contribution in [0.5, 0.6) is 0 Å². The molecule has 1 saturated heterocycles. The second kappa shape index (κ2) is 6.04. The highest BCUT2D eigenvalue weighted by Crippen LogP contribution is 2.29. The first-order valence-corrected chi connectivity index (χ1v) is 8.91. The van der Waals surface area contributed by atoms with Gasteiger partial charge in [0.25, 0.3) is 0 Å². The Labute approximate surface area is 133 Å². The predicted octanol–water partition coefficient (Wildman–Crippen LogP) is 2.84. The molecule has 1 saturated carbocycles. The van der Waals surface area contributed by atoms with E-state index in [2.05, 4.69) is 34.1 Å². The summed E-state index contributed by atoms with van der Waals surface area (Å²) in [6, 6.07) is 9.38. The Morgan fingerprint density at radius 1 is 1.00 bits per heavy atom. The molecule has 0 spiro atoms. The molecule has 0 aromatic heterocycles. The highest BCUT2D eigenvalue weighted by atomic mass is 16.2. The van der Waals surface area contributed by atoms with Crippen LogP contribution in [0.1, 0.15) is 43.2 Å². The Morgan fingerprint density at radius 2 is 1.77 bits per heavy atom. The first kappa shape index (κ1) is 14.3. The molecule has 1 atom stereocenters. The molecule has 3 heteroatoms. The minimum absolute atomic E-state index is 0.334. The zero-order valence-corrected chi connectivity index (χ0v) is 13.3. The number of carbonyl (C=O) groups excluding carboxylic acids is 1. The van der Waals surface area contributed by atoms with Gasteiger partial charge in [-0.1, -0.05) is 37.1 Å². The molecule has 1 aliphatic carbocycles. The van der Waals surface area contributed by atoms with Gasteiger partial charge in [0, 0.05) is 38.1 Å². The van der Waals surface area contributed by atoms with E-state index in [0.717, 1.165) is 51.9 Å². The lowest BCUT2D eigenvalue weighted by atomic mass is 9.98. The molecular weight excluding hydrogens is 272 g/mol. The van der Waals surface area contributed by atoms with Gasteiger partial charge in [0.2, 0.25) is 5.91 Å². The average molecular weight is 298 g/mol. The molecule has 3 nitrogen and oxygen atoms in total. The second-order valence-electron chi connectivity index (χ2n) is 7.20. The summed E-state index contributed by atoms with van der Waals surface area (Å²) < 4.78 is 0. The van der Waals surface area contributed by atoms with Gasteiger partial charge in [-0.2, -0.15) is 0 Å². The molecule has 2 aliphatic heterocycles. The van der Waals surface area contributed by atoms with Crippen molar-refractivity contribution >= 4 is 5.91 Å². The van der Waals surface area contributed by atoms with Gasteiger partial charge in [0.1, 0.15) is 0 Å². The third-order valence-corrected chi connectivity index (χ3v) is 5.86. The minimum Gasteiger partial charge on any atom is -0.341 e. The summed E-state index contributed by atoms with van der Waals surface area (Å²) in [4.78, 5) is 17.3. The van der Waals surface area contributed by atoms with Gasteiger partial charge in [0.05, 0.1) is 0 Å². The summed E-state index contributed by atoms with van der Waals surface area (Å²) in [6.45, 7) is 4.13. The molecule has 3 aliphatic rings. The number of benzene rings is 1. The van der Waals surface area contributed by atoms with Crippen LogP contribution in [0.25, 0.3) is 0 Å². The standard InChI is InChI=1S/C19H26N2O/c22-19(16-6-2-3-7-16)21-12-10-18(14-21)20-11-9-15-5-1-4-8-17(15)13-20/h1,4-5,8,16,18H,2-3,6-7,9-14H2. The van der Waals surface area contributed by atoms with E-state index in [1.54, 1.807) is 0 Å². The smallest absolute Gasteiger partial charge is 0.225 e. The van der Waals surface area contributed by atoms with Crippen molar-refractivity contribution in [2.45, 2.75) is 51.1 Å². The lowest BCUT2D eigenvalue weighted by Gasteiger charge is -2.33. The van der Waals surface area contributed by atoms with E-state index < -0.39 is 0 Å². The first-order valence-electron chi connectivity index (χ1n) is 8.91. The van der Waals surface area contributed by atoms with E-state index in [9.17, 15) is 4.79 Å².